The SMILES string of the molecule is CC(=O)OC(C(=O)c1ccc(C(C)C)c(OS(N)(=O)=O)c1C(C)C)c1c(C(C)C)cc(C(C)C)cc1C(C)C. The molecule has 0 aliphatic heterocycles. The van der Waals surface area contributed by atoms with Crippen LogP contribution in [-0.2, 0) is 19.8 Å². The van der Waals surface area contributed by atoms with Crippen LogP contribution in [0.1, 0.15) is 156 Å². The van der Waals surface area contributed by atoms with E-state index < -0.39 is 28.2 Å². The number of rotatable bonds is 11. The Morgan fingerprint density at radius 1 is 0.718 bits per heavy atom. The lowest BCUT2D eigenvalue weighted by Crippen LogP contribution is -2.25. The molecule has 0 amide bonds. The van der Waals surface area contributed by atoms with Crippen molar-refractivity contribution in [1.29, 1.82) is 0 Å². The van der Waals surface area contributed by atoms with Gasteiger partial charge in [0.25, 0.3) is 0 Å². The molecule has 0 spiro atoms. The zero-order chi connectivity index (χ0) is 30.0. The summed E-state index contributed by atoms with van der Waals surface area (Å²) < 4.78 is 35.2. The zero-order valence-corrected chi connectivity index (χ0v) is 26.0. The minimum Gasteiger partial charge on any atom is -0.449 e. The first-order valence-corrected chi connectivity index (χ1v) is 15.1. The Hall–Kier alpha value is -2.71. The van der Waals surface area contributed by atoms with Crippen LogP contribution >= 0.6 is 0 Å². The molecule has 0 aliphatic rings. The van der Waals surface area contributed by atoms with E-state index in [-0.39, 0.29) is 40.9 Å². The van der Waals surface area contributed by atoms with E-state index in [9.17, 15) is 18.0 Å². The van der Waals surface area contributed by atoms with Crippen molar-refractivity contribution in [2.24, 2.45) is 5.14 Å². The van der Waals surface area contributed by atoms with Crippen molar-refractivity contribution >= 4 is 22.1 Å². The molecule has 1 atom stereocenters. The topological polar surface area (TPSA) is 113 Å². The molecule has 216 valence electrons. The summed E-state index contributed by atoms with van der Waals surface area (Å²) in [5.41, 5.74) is 4.96. The van der Waals surface area contributed by atoms with Crippen LogP contribution in [-0.4, -0.2) is 20.2 Å². The third-order valence-corrected chi connectivity index (χ3v) is 7.25. The van der Waals surface area contributed by atoms with E-state index in [0.29, 0.717) is 16.7 Å². The van der Waals surface area contributed by atoms with Gasteiger partial charge in [-0.2, -0.15) is 13.6 Å². The molecule has 2 aromatic carbocycles. The Morgan fingerprint density at radius 3 is 1.56 bits per heavy atom. The molecule has 1 unspecified atom stereocenters. The van der Waals surface area contributed by atoms with Gasteiger partial charge in [-0.1, -0.05) is 93.5 Å². The second kappa shape index (κ2) is 12.6. The second-order valence-electron chi connectivity index (χ2n) is 11.8. The van der Waals surface area contributed by atoms with Crippen LogP contribution in [0.25, 0.3) is 0 Å². The zero-order valence-electron chi connectivity index (χ0n) is 25.2. The molecular formula is C31H45NO6S. The summed E-state index contributed by atoms with van der Waals surface area (Å²) in [7, 11) is -4.37. The van der Waals surface area contributed by atoms with Crippen LogP contribution in [0.2, 0.25) is 0 Å². The van der Waals surface area contributed by atoms with Gasteiger partial charge in [0.05, 0.1) is 0 Å². The number of hydrogen-bond acceptors (Lipinski definition) is 6. The molecule has 0 heterocycles. The normalized spacial score (nSPS) is 13.1. The average molecular weight is 560 g/mol. The predicted molar refractivity (Wildman–Crippen MR) is 156 cm³/mol. The number of nitrogens with two attached hydrogens (primary N) is 1. The lowest BCUT2D eigenvalue weighted by atomic mass is 9.79. The highest BCUT2D eigenvalue weighted by molar-refractivity contribution is 7.84. The van der Waals surface area contributed by atoms with Gasteiger partial charge in [-0.05, 0) is 51.8 Å². The van der Waals surface area contributed by atoms with Crippen LogP contribution in [0.4, 0.5) is 0 Å². The summed E-state index contributed by atoms with van der Waals surface area (Å²) in [6, 6.07) is 7.55. The van der Waals surface area contributed by atoms with E-state index in [4.69, 9.17) is 14.1 Å². The van der Waals surface area contributed by atoms with Gasteiger partial charge in [-0.3, -0.25) is 9.59 Å². The number of carbonyl (C=O) groups excluding carboxylic acids is 2. The van der Waals surface area contributed by atoms with Crippen molar-refractivity contribution in [1.82, 2.24) is 0 Å². The lowest BCUT2D eigenvalue weighted by molar-refractivity contribution is -0.144. The van der Waals surface area contributed by atoms with Crippen molar-refractivity contribution in [2.45, 2.75) is 112 Å². The number of carbonyl (C=O) groups is 2. The molecule has 2 aromatic rings. The summed E-state index contributed by atoms with van der Waals surface area (Å²) in [5.74, 6) is -0.996. The monoisotopic (exact) mass is 559 g/mol. The minimum atomic E-state index is -4.37. The van der Waals surface area contributed by atoms with E-state index in [0.717, 1.165) is 16.7 Å². The largest absolute Gasteiger partial charge is 0.449 e. The van der Waals surface area contributed by atoms with Crippen molar-refractivity contribution in [2.75, 3.05) is 0 Å². The summed E-state index contributed by atoms with van der Waals surface area (Å²) in [6.45, 7) is 21.2. The molecule has 0 radical (unpaired) electrons. The molecular weight excluding hydrogens is 514 g/mol. The predicted octanol–water partition coefficient (Wildman–Crippen LogP) is 7.37. The number of ketones is 1. The van der Waals surface area contributed by atoms with E-state index in [1.54, 1.807) is 12.1 Å². The fourth-order valence-corrected chi connectivity index (χ4v) is 5.35. The Morgan fingerprint density at radius 2 is 1.21 bits per heavy atom. The molecule has 39 heavy (non-hydrogen) atoms. The van der Waals surface area contributed by atoms with E-state index in [2.05, 4.69) is 53.7 Å². The maximum absolute atomic E-state index is 14.5. The van der Waals surface area contributed by atoms with E-state index in [1.165, 1.54) is 6.92 Å². The van der Waals surface area contributed by atoms with E-state index in [1.807, 2.05) is 27.7 Å². The number of benzene rings is 2. The Labute approximate surface area is 234 Å². The Kier molecular flexibility index (Phi) is 10.5. The van der Waals surface area contributed by atoms with Crippen LogP contribution in [0, 0.1) is 0 Å². The van der Waals surface area contributed by atoms with Gasteiger partial charge in [-0.15, -0.1) is 0 Å². The van der Waals surface area contributed by atoms with Crippen LogP contribution in [0.15, 0.2) is 24.3 Å². The maximum Gasteiger partial charge on any atom is 0.380 e. The second-order valence-corrected chi connectivity index (χ2v) is 12.9. The fourth-order valence-electron chi connectivity index (χ4n) is 4.93. The summed E-state index contributed by atoms with van der Waals surface area (Å²) in [6.07, 6.45) is -1.22. The molecule has 0 saturated carbocycles. The van der Waals surface area contributed by atoms with Crippen molar-refractivity contribution < 1.29 is 26.9 Å². The highest BCUT2D eigenvalue weighted by Gasteiger charge is 2.35. The quantitative estimate of drug-likeness (QED) is 0.227. The van der Waals surface area contributed by atoms with Gasteiger partial charge >= 0.3 is 16.3 Å². The van der Waals surface area contributed by atoms with Gasteiger partial charge in [-0.25, -0.2) is 0 Å². The molecule has 0 bridgehead atoms. The number of ether oxygens (including phenoxy) is 1. The summed E-state index contributed by atoms with van der Waals surface area (Å²) >= 11 is 0. The highest BCUT2D eigenvalue weighted by Crippen LogP contribution is 2.42. The molecule has 7 nitrogen and oxygen atoms in total. The molecule has 0 aromatic heterocycles. The van der Waals surface area contributed by atoms with Crippen molar-refractivity contribution in [3.05, 3.63) is 63.2 Å². The summed E-state index contributed by atoms with van der Waals surface area (Å²) in [4.78, 5) is 26.9. The molecule has 2 N–H and O–H groups in total. The Balaban J connectivity index is 3.00. The van der Waals surface area contributed by atoms with Crippen molar-refractivity contribution in [3.63, 3.8) is 0 Å². The fraction of sp³-hybridized carbons (Fsp3) is 0.548. The van der Waals surface area contributed by atoms with Gasteiger partial charge < -0.3 is 8.92 Å². The van der Waals surface area contributed by atoms with Gasteiger partial charge in [0.15, 0.2) is 11.9 Å². The molecule has 0 saturated heterocycles. The molecule has 0 aliphatic carbocycles. The average Bonchev–Trinajstić information content (AvgIpc) is 2.79. The standard InChI is InChI=1S/C31H45NO6S/c1-16(2)22-14-25(18(5)6)28(26(15-22)19(7)8)31(37-21(11)33)29(34)24-13-12-23(17(3)4)30(27(24)20(9)10)38-39(32,35)36/h12-20,31H,1-11H3,(H2,32,35,36). The smallest absolute Gasteiger partial charge is 0.380 e. The maximum atomic E-state index is 14.5. The van der Waals surface area contributed by atoms with Gasteiger partial charge in [0.1, 0.15) is 0 Å². The highest BCUT2D eigenvalue weighted by atomic mass is 32.2. The first-order valence-electron chi connectivity index (χ1n) is 13.6. The molecule has 0 fully saturated rings. The first-order chi connectivity index (χ1) is 17.9. The van der Waals surface area contributed by atoms with Crippen LogP contribution in [0.3, 0.4) is 0 Å². The number of esters is 1. The number of Topliss-reactive ketones (excluding diaryl/α,β-unsaturated/α-hetero) is 1. The Bertz CT molecular complexity index is 1290. The first kappa shape index (κ1) is 32.5. The van der Waals surface area contributed by atoms with Crippen LogP contribution in [0.5, 0.6) is 5.75 Å². The van der Waals surface area contributed by atoms with Gasteiger partial charge in [0, 0.05) is 23.6 Å². The summed E-state index contributed by atoms with van der Waals surface area (Å²) in [5, 5.41) is 5.29. The third-order valence-electron chi connectivity index (χ3n) is 6.85. The minimum absolute atomic E-state index is 0.0521. The lowest BCUT2D eigenvalue weighted by Gasteiger charge is -2.29. The van der Waals surface area contributed by atoms with Crippen molar-refractivity contribution in [3.8, 4) is 5.75 Å². The van der Waals surface area contributed by atoms with Gasteiger partial charge in [0.2, 0.25) is 5.78 Å². The molecule has 8 heteroatoms. The van der Waals surface area contributed by atoms with E-state index >= 15 is 0 Å². The molecule has 2 rings (SSSR count). The van der Waals surface area contributed by atoms with Crippen LogP contribution < -0.4 is 9.32 Å². The third kappa shape index (κ3) is 7.70. The number of hydrogen-bond donors (Lipinski definition) is 1.